The highest BCUT2D eigenvalue weighted by Crippen LogP contribution is 2.27. The van der Waals surface area contributed by atoms with Crippen LogP contribution in [-0.4, -0.2) is 38.6 Å². The molecule has 31 heavy (non-hydrogen) atoms. The molecule has 0 atom stereocenters. The van der Waals surface area contributed by atoms with Crippen LogP contribution in [0.15, 0.2) is 45.8 Å². The summed E-state index contributed by atoms with van der Waals surface area (Å²) in [4.78, 5) is 46.0. The molecule has 2 amide bonds. The van der Waals surface area contributed by atoms with Gasteiger partial charge in [-0.05, 0) is 48.1 Å². The van der Waals surface area contributed by atoms with Crippen LogP contribution in [0.25, 0.3) is 0 Å². The molecule has 7 nitrogen and oxygen atoms in total. The summed E-state index contributed by atoms with van der Waals surface area (Å²) in [7, 11) is 0. The molecule has 0 unspecified atom stereocenters. The molecule has 1 N–H and O–H groups in total. The number of thioether (sulfide) groups is 1. The first-order valence-electron chi connectivity index (χ1n) is 10.0. The molecule has 3 aromatic rings. The zero-order chi connectivity index (χ0) is 21.5. The number of carbonyl (C=O) groups is 2. The molecule has 0 bridgehead atoms. The van der Waals surface area contributed by atoms with Crippen LogP contribution in [0, 0.1) is 6.92 Å². The Bertz CT molecular complexity index is 1260. The highest BCUT2D eigenvalue weighted by atomic mass is 32.2. The first-order chi connectivity index (χ1) is 15.0. The van der Waals surface area contributed by atoms with Crippen molar-refractivity contribution in [3.8, 4) is 0 Å². The number of carbonyl (C=O) groups excluding carboxylic acids is 2. The smallest absolute Gasteiger partial charge is 0.267 e. The van der Waals surface area contributed by atoms with Crippen molar-refractivity contribution in [1.29, 1.82) is 0 Å². The Hall–Kier alpha value is -2.91. The molecule has 5 rings (SSSR count). The number of anilines is 1. The average Bonchev–Trinajstić information content (AvgIpc) is 3.44. The van der Waals surface area contributed by atoms with E-state index in [-0.39, 0.29) is 17.0 Å². The lowest BCUT2D eigenvalue weighted by atomic mass is 10.0. The summed E-state index contributed by atoms with van der Waals surface area (Å²) >= 11 is 3.24. The van der Waals surface area contributed by atoms with E-state index >= 15 is 0 Å². The number of rotatable bonds is 3. The first kappa shape index (κ1) is 20.0. The van der Waals surface area contributed by atoms with Crippen LogP contribution < -0.4 is 10.9 Å². The number of aromatic nitrogens is 2. The van der Waals surface area contributed by atoms with Crippen LogP contribution in [0.2, 0.25) is 0 Å². The zero-order valence-corrected chi connectivity index (χ0v) is 18.5. The lowest BCUT2D eigenvalue weighted by molar-refractivity contribution is 0.0735. The zero-order valence-electron chi connectivity index (χ0n) is 16.9. The minimum atomic E-state index is -0.515. The summed E-state index contributed by atoms with van der Waals surface area (Å²) in [6.07, 6.45) is 2.19. The first-order valence-corrected chi connectivity index (χ1v) is 11.9. The van der Waals surface area contributed by atoms with Gasteiger partial charge in [0.1, 0.15) is 5.56 Å². The molecule has 4 heterocycles. The summed E-state index contributed by atoms with van der Waals surface area (Å²) < 4.78 is 1.53. The normalized spacial score (nSPS) is 14.8. The SMILES string of the molecule is Cc1c(NC(=O)c2cnc3n(c2=O)CCS3)cccc1C(=O)N1CCc2sccc2C1. The van der Waals surface area contributed by atoms with Gasteiger partial charge in [-0.15, -0.1) is 11.3 Å². The van der Waals surface area contributed by atoms with E-state index in [2.05, 4.69) is 21.7 Å². The van der Waals surface area contributed by atoms with Crippen molar-refractivity contribution in [1.82, 2.24) is 14.5 Å². The number of hydrogen-bond donors (Lipinski definition) is 1. The topological polar surface area (TPSA) is 84.3 Å². The minimum Gasteiger partial charge on any atom is -0.334 e. The number of thiophene rings is 1. The van der Waals surface area contributed by atoms with Crippen molar-refractivity contribution in [2.45, 2.75) is 31.6 Å². The molecule has 158 valence electrons. The van der Waals surface area contributed by atoms with Gasteiger partial charge in [0.15, 0.2) is 5.16 Å². The van der Waals surface area contributed by atoms with Crippen LogP contribution in [0.5, 0.6) is 0 Å². The van der Waals surface area contributed by atoms with Gasteiger partial charge >= 0.3 is 0 Å². The van der Waals surface area contributed by atoms with Gasteiger partial charge in [-0.2, -0.15) is 0 Å². The predicted octanol–water partition coefficient (Wildman–Crippen LogP) is 3.17. The Morgan fingerprint density at radius 1 is 1.16 bits per heavy atom. The molecule has 0 spiro atoms. The van der Waals surface area contributed by atoms with Gasteiger partial charge in [0.2, 0.25) is 0 Å². The second-order valence-corrected chi connectivity index (χ2v) is 9.60. The van der Waals surface area contributed by atoms with Crippen molar-refractivity contribution >= 4 is 40.6 Å². The van der Waals surface area contributed by atoms with E-state index in [1.807, 2.05) is 11.8 Å². The molecular weight excluding hydrogens is 432 g/mol. The van der Waals surface area contributed by atoms with Gasteiger partial charge in [-0.3, -0.25) is 19.0 Å². The Morgan fingerprint density at radius 2 is 2.03 bits per heavy atom. The number of fused-ring (bicyclic) bond motifs is 2. The van der Waals surface area contributed by atoms with Crippen molar-refractivity contribution < 1.29 is 9.59 Å². The molecular formula is C22H20N4O3S2. The molecule has 1 aromatic carbocycles. The van der Waals surface area contributed by atoms with Crippen LogP contribution in [0.4, 0.5) is 5.69 Å². The second kappa shape index (κ2) is 7.97. The van der Waals surface area contributed by atoms with Gasteiger partial charge in [0.05, 0.1) is 0 Å². The minimum absolute atomic E-state index is 0.00315. The number of benzene rings is 1. The van der Waals surface area contributed by atoms with Crippen LogP contribution in [0.1, 0.15) is 36.7 Å². The summed E-state index contributed by atoms with van der Waals surface area (Å²) in [5.74, 6) is 0.208. The summed E-state index contributed by atoms with van der Waals surface area (Å²) in [5, 5.41) is 5.50. The van der Waals surface area contributed by atoms with Crippen molar-refractivity contribution in [3.05, 3.63) is 73.3 Å². The van der Waals surface area contributed by atoms with Crippen LogP contribution in [-0.2, 0) is 19.5 Å². The highest BCUT2D eigenvalue weighted by Gasteiger charge is 2.25. The maximum Gasteiger partial charge on any atom is 0.267 e. The van der Waals surface area contributed by atoms with Crippen molar-refractivity contribution in [3.63, 3.8) is 0 Å². The van der Waals surface area contributed by atoms with E-state index in [1.165, 1.54) is 33.0 Å². The van der Waals surface area contributed by atoms with E-state index < -0.39 is 5.91 Å². The van der Waals surface area contributed by atoms with Gasteiger partial charge in [0.25, 0.3) is 17.4 Å². The van der Waals surface area contributed by atoms with Gasteiger partial charge in [-0.25, -0.2) is 4.98 Å². The molecule has 2 aromatic heterocycles. The summed E-state index contributed by atoms with van der Waals surface area (Å²) in [6.45, 7) is 3.64. The molecule has 2 aliphatic rings. The van der Waals surface area contributed by atoms with Gasteiger partial charge < -0.3 is 10.2 Å². The maximum atomic E-state index is 13.2. The molecule has 0 aliphatic carbocycles. The molecule has 0 radical (unpaired) electrons. The molecule has 0 saturated heterocycles. The van der Waals surface area contributed by atoms with E-state index in [1.54, 1.807) is 29.5 Å². The fourth-order valence-electron chi connectivity index (χ4n) is 3.96. The fraction of sp³-hybridized carbons (Fsp3) is 0.273. The monoisotopic (exact) mass is 452 g/mol. The van der Waals surface area contributed by atoms with Gasteiger partial charge in [0, 0.05) is 47.7 Å². The second-order valence-electron chi connectivity index (χ2n) is 7.54. The third-order valence-electron chi connectivity index (χ3n) is 5.71. The average molecular weight is 453 g/mol. The number of hydrogen-bond acceptors (Lipinski definition) is 6. The molecule has 0 fully saturated rings. The van der Waals surface area contributed by atoms with E-state index in [4.69, 9.17) is 0 Å². The number of nitrogens with one attached hydrogen (secondary N) is 1. The standard InChI is InChI=1S/C22H20N4O3S2/c1-13-15(20(28)25-7-5-18-14(12-25)6-9-30-18)3-2-4-17(13)24-19(27)16-11-23-22-26(21(16)29)8-10-31-22/h2-4,6,9,11H,5,7-8,10,12H2,1H3,(H,24,27). The molecule has 0 saturated carbocycles. The van der Waals surface area contributed by atoms with Gasteiger partial charge in [-0.1, -0.05) is 17.8 Å². The van der Waals surface area contributed by atoms with E-state index in [0.717, 1.165) is 12.2 Å². The molecule has 2 aliphatic heterocycles. The Balaban J connectivity index is 1.38. The quantitative estimate of drug-likeness (QED) is 0.617. The summed E-state index contributed by atoms with van der Waals surface area (Å²) in [5.41, 5.74) is 2.62. The van der Waals surface area contributed by atoms with Crippen LogP contribution in [0.3, 0.4) is 0 Å². The third-order valence-corrected chi connectivity index (χ3v) is 7.70. The summed E-state index contributed by atoms with van der Waals surface area (Å²) in [6, 6.07) is 7.34. The number of amides is 2. The Morgan fingerprint density at radius 3 is 2.90 bits per heavy atom. The predicted molar refractivity (Wildman–Crippen MR) is 121 cm³/mol. The number of nitrogens with zero attached hydrogens (tertiary/aromatic N) is 3. The highest BCUT2D eigenvalue weighted by molar-refractivity contribution is 7.99. The largest absolute Gasteiger partial charge is 0.334 e. The maximum absolute atomic E-state index is 13.2. The van der Waals surface area contributed by atoms with E-state index in [9.17, 15) is 14.4 Å². The third kappa shape index (κ3) is 3.57. The lowest BCUT2D eigenvalue weighted by Crippen LogP contribution is -2.35. The Labute approximate surface area is 187 Å². The van der Waals surface area contributed by atoms with E-state index in [0.29, 0.717) is 41.6 Å². The van der Waals surface area contributed by atoms with Crippen molar-refractivity contribution in [2.75, 3.05) is 17.6 Å². The van der Waals surface area contributed by atoms with Crippen molar-refractivity contribution in [2.24, 2.45) is 0 Å². The lowest BCUT2D eigenvalue weighted by Gasteiger charge is -2.28. The molecule has 9 heteroatoms. The van der Waals surface area contributed by atoms with Crippen LogP contribution >= 0.6 is 23.1 Å². The fourth-order valence-corrected chi connectivity index (χ4v) is 5.76. The Kier molecular flexibility index (Phi) is 5.15.